The molecule has 0 aliphatic carbocycles. The van der Waals surface area contributed by atoms with Gasteiger partial charge < -0.3 is 9.88 Å². The summed E-state index contributed by atoms with van der Waals surface area (Å²) < 4.78 is 1.92. The van der Waals surface area contributed by atoms with E-state index in [-0.39, 0.29) is 5.91 Å². The average molecular weight is 444 g/mol. The number of para-hydroxylation sites is 1. The van der Waals surface area contributed by atoms with Gasteiger partial charge >= 0.3 is 0 Å². The third kappa shape index (κ3) is 4.43. The molecule has 3 nitrogen and oxygen atoms in total. The maximum atomic E-state index is 13.0. The lowest BCUT2D eigenvalue weighted by molar-refractivity contribution is 0.0947. The van der Waals surface area contributed by atoms with Crippen molar-refractivity contribution in [2.45, 2.75) is 6.42 Å². The Kier molecular flexibility index (Phi) is 5.81. The number of carbonyl (C=O) groups is 1. The molecule has 4 rings (SSSR count). The second kappa shape index (κ2) is 8.50. The van der Waals surface area contributed by atoms with Crippen LogP contribution in [-0.2, 0) is 6.42 Å². The molecule has 1 aromatic heterocycles. The van der Waals surface area contributed by atoms with Crippen LogP contribution in [0.1, 0.15) is 16.1 Å². The minimum atomic E-state index is -0.158. The number of nitrogens with one attached hydrogen (secondary N) is 1. The van der Waals surface area contributed by atoms with Crippen LogP contribution in [0.3, 0.4) is 0 Å². The van der Waals surface area contributed by atoms with Gasteiger partial charge in [-0.1, -0.05) is 59.1 Å². The quantitative estimate of drug-likeness (QED) is 0.372. The van der Waals surface area contributed by atoms with Crippen LogP contribution < -0.4 is 5.32 Å². The molecule has 1 amide bonds. The van der Waals surface area contributed by atoms with Gasteiger partial charge in [0.1, 0.15) is 5.69 Å². The van der Waals surface area contributed by atoms with Gasteiger partial charge in [-0.15, -0.1) is 0 Å². The number of amides is 1. The van der Waals surface area contributed by atoms with Crippen molar-refractivity contribution < 1.29 is 4.79 Å². The maximum absolute atomic E-state index is 13.0. The monoisotopic (exact) mass is 442 g/mol. The summed E-state index contributed by atoms with van der Waals surface area (Å²) in [6.45, 7) is 0.465. The second-order valence-corrected chi connectivity index (χ2v) is 8.00. The molecule has 0 spiro atoms. The van der Waals surface area contributed by atoms with Crippen molar-refractivity contribution in [3.63, 3.8) is 0 Å². The number of halogens is 3. The molecular formula is C23H17Cl3N2O. The van der Waals surface area contributed by atoms with Crippen LogP contribution in [0.4, 0.5) is 0 Å². The summed E-state index contributed by atoms with van der Waals surface area (Å²) in [6.07, 6.45) is 0.628. The van der Waals surface area contributed by atoms with E-state index in [0.29, 0.717) is 33.7 Å². The molecule has 0 bridgehead atoms. The van der Waals surface area contributed by atoms with Crippen LogP contribution in [0, 0.1) is 0 Å². The largest absolute Gasteiger partial charge is 0.350 e. The van der Waals surface area contributed by atoms with Crippen molar-refractivity contribution in [2.24, 2.45) is 0 Å². The number of hydrogen-bond donors (Lipinski definition) is 1. The molecule has 0 aliphatic rings. The molecule has 1 N–H and O–H groups in total. The molecule has 4 aromatic rings. The molecule has 6 heteroatoms. The Bertz CT molecular complexity index is 1180. The van der Waals surface area contributed by atoms with Crippen LogP contribution in [0.2, 0.25) is 15.1 Å². The topological polar surface area (TPSA) is 34.0 Å². The van der Waals surface area contributed by atoms with Gasteiger partial charge in [0.15, 0.2) is 0 Å². The van der Waals surface area contributed by atoms with Crippen LogP contribution in [0.15, 0.2) is 72.8 Å². The normalized spacial score (nSPS) is 11.0. The molecule has 0 saturated carbocycles. The van der Waals surface area contributed by atoms with E-state index in [1.165, 1.54) is 0 Å². The van der Waals surface area contributed by atoms with E-state index in [9.17, 15) is 4.79 Å². The predicted octanol–water partition coefficient (Wildman–Crippen LogP) is 6.56. The van der Waals surface area contributed by atoms with Crippen LogP contribution in [0.25, 0.3) is 16.6 Å². The van der Waals surface area contributed by atoms with Crippen molar-refractivity contribution in [2.75, 3.05) is 6.54 Å². The Morgan fingerprint density at radius 2 is 1.59 bits per heavy atom. The number of fused-ring (bicyclic) bond motifs is 1. The summed E-state index contributed by atoms with van der Waals surface area (Å²) in [6, 6.07) is 22.6. The highest BCUT2D eigenvalue weighted by Gasteiger charge is 2.16. The third-order valence-electron chi connectivity index (χ3n) is 4.63. The first-order valence-corrected chi connectivity index (χ1v) is 10.2. The van der Waals surface area contributed by atoms with E-state index in [2.05, 4.69) is 5.32 Å². The molecular weight excluding hydrogens is 427 g/mol. The van der Waals surface area contributed by atoms with Gasteiger partial charge in [-0.25, -0.2) is 0 Å². The van der Waals surface area contributed by atoms with E-state index in [1.807, 2.05) is 71.3 Å². The van der Waals surface area contributed by atoms with E-state index >= 15 is 0 Å². The zero-order chi connectivity index (χ0) is 20.4. The van der Waals surface area contributed by atoms with Crippen molar-refractivity contribution in [3.8, 4) is 5.69 Å². The van der Waals surface area contributed by atoms with Gasteiger partial charge in [0, 0.05) is 32.7 Å². The van der Waals surface area contributed by atoms with Gasteiger partial charge in [-0.2, -0.15) is 0 Å². The number of rotatable bonds is 5. The van der Waals surface area contributed by atoms with E-state index in [0.717, 1.165) is 22.2 Å². The first-order chi connectivity index (χ1) is 14.0. The fourth-order valence-electron chi connectivity index (χ4n) is 3.38. The first kappa shape index (κ1) is 19.8. The standard InChI is InChI=1S/C23H17Cl3N2O/c24-17-5-3-6-20(14-17)28-21-7-2-1-4-16(21)12-22(28)23(29)27-9-8-15-10-18(25)13-19(26)11-15/h1-7,10-14H,8-9H2,(H,27,29). The fourth-order valence-corrected chi connectivity index (χ4v) is 4.14. The molecule has 0 aliphatic heterocycles. The summed E-state index contributed by atoms with van der Waals surface area (Å²) in [5.74, 6) is -0.158. The Labute approximate surface area is 183 Å². The second-order valence-electron chi connectivity index (χ2n) is 6.69. The maximum Gasteiger partial charge on any atom is 0.268 e. The van der Waals surface area contributed by atoms with Gasteiger partial charge in [0.05, 0.1) is 5.52 Å². The van der Waals surface area contributed by atoms with Gasteiger partial charge in [-0.05, 0) is 60.5 Å². The lowest BCUT2D eigenvalue weighted by atomic mass is 10.1. The third-order valence-corrected chi connectivity index (χ3v) is 5.30. The molecule has 0 radical (unpaired) electrons. The summed E-state index contributed by atoms with van der Waals surface area (Å²) in [5.41, 5.74) is 3.31. The highest BCUT2D eigenvalue weighted by Crippen LogP contribution is 2.26. The zero-order valence-electron chi connectivity index (χ0n) is 15.3. The smallest absolute Gasteiger partial charge is 0.268 e. The van der Waals surface area contributed by atoms with Crippen LogP contribution in [-0.4, -0.2) is 17.0 Å². The highest BCUT2D eigenvalue weighted by molar-refractivity contribution is 6.34. The predicted molar refractivity (Wildman–Crippen MR) is 121 cm³/mol. The van der Waals surface area contributed by atoms with Gasteiger partial charge in [0.25, 0.3) is 5.91 Å². The SMILES string of the molecule is O=C(NCCc1cc(Cl)cc(Cl)c1)c1cc2ccccc2n1-c1cccc(Cl)c1. The number of benzene rings is 3. The Hall–Kier alpha value is -2.46. The molecule has 0 saturated heterocycles. The minimum Gasteiger partial charge on any atom is -0.350 e. The van der Waals surface area contributed by atoms with Crippen molar-refractivity contribution in [3.05, 3.63) is 99.1 Å². The zero-order valence-corrected chi connectivity index (χ0v) is 17.6. The number of aromatic nitrogens is 1. The van der Waals surface area contributed by atoms with Crippen LogP contribution in [0.5, 0.6) is 0 Å². The first-order valence-electron chi connectivity index (χ1n) is 9.11. The van der Waals surface area contributed by atoms with Crippen molar-refractivity contribution in [1.29, 1.82) is 0 Å². The summed E-state index contributed by atoms with van der Waals surface area (Å²) in [7, 11) is 0. The molecule has 1 heterocycles. The fraction of sp³-hybridized carbons (Fsp3) is 0.0870. The molecule has 146 valence electrons. The number of carbonyl (C=O) groups excluding carboxylic acids is 1. The Balaban J connectivity index is 1.61. The van der Waals surface area contributed by atoms with Gasteiger partial charge in [-0.3, -0.25) is 4.79 Å². The number of hydrogen-bond acceptors (Lipinski definition) is 1. The average Bonchev–Trinajstić information content (AvgIpc) is 3.07. The minimum absolute atomic E-state index is 0.158. The number of nitrogens with zero attached hydrogens (tertiary/aromatic N) is 1. The van der Waals surface area contributed by atoms with Gasteiger partial charge in [0.2, 0.25) is 0 Å². The summed E-state index contributed by atoms with van der Waals surface area (Å²) >= 11 is 18.3. The molecule has 29 heavy (non-hydrogen) atoms. The Morgan fingerprint density at radius 3 is 2.34 bits per heavy atom. The highest BCUT2D eigenvalue weighted by atomic mass is 35.5. The van der Waals surface area contributed by atoms with E-state index < -0.39 is 0 Å². The summed E-state index contributed by atoms with van der Waals surface area (Å²) in [5, 5.41) is 5.76. The lowest BCUT2D eigenvalue weighted by Gasteiger charge is -2.12. The van der Waals surface area contributed by atoms with Crippen molar-refractivity contribution >= 4 is 51.6 Å². The molecule has 0 unspecified atom stereocenters. The Morgan fingerprint density at radius 1 is 0.828 bits per heavy atom. The summed E-state index contributed by atoms with van der Waals surface area (Å²) in [4.78, 5) is 13.0. The molecule has 3 aromatic carbocycles. The molecule has 0 atom stereocenters. The lowest BCUT2D eigenvalue weighted by Crippen LogP contribution is -2.27. The van der Waals surface area contributed by atoms with Crippen molar-refractivity contribution in [1.82, 2.24) is 9.88 Å². The molecule has 0 fully saturated rings. The van der Waals surface area contributed by atoms with E-state index in [4.69, 9.17) is 34.8 Å². The van der Waals surface area contributed by atoms with Crippen LogP contribution >= 0.6 is 34.8 Å². The van der Waals surface area contributed by atoms with E-state index in [1.54, 1.807) is 6.07 Å².